The highest BCUT2D eigenvalue weighted by molar-refractivity contribution is 5.69. The van der Waals surface area contributed by atoms with E-state index in [9.17, 15) is 0 Å². The summed E-state index contributed by atoms with van der Waals surface area (Å²) in [4.78, 5) is 2.45. The lowest BCUT2D eigenvalue weighted by molar-refractivity contribution is 0.0188. The minimum absolute atomic E-state index is 0.314. The monoisotopic (exact) mass is 357 g/mol. The molecule has 144 valence electrons. The molecule has 0 bridgehead atoms. The third kappa shape index (κ3) is 4.53. The van der Waals surface area contributed by atoms with Crippen LogP contribution < -0.4 is 16.0 Å². The normalized spacial score (nSPS) is 23.0. The van der Waals surface area contributed by atoms with Gasteiger partial charge in [0.2, 0.25) is 0 Å². The van der Waals surface area contributed by atoms with Gasteiger partial charge in [0.05, 0.1) is 11.8 Å². The molecule has 0 aliphatic carbocycles. The van der Waals surface area contributed by atoms with Crippen LogP contribution in [0.3, 0.4) is 0 Å². The second kappa shape index (κ2) is 7.91. The third-order valence-electron chi connectivity index (χ3n) is 5.45. The molecule has 0 aromatic heterocycles. The fourth-order valence-corrected chi connectivity index (χ4v) is 4.00. The Morgan fingerprint density at radius 3 is 2.73 bits per heavy atom. The summed E-state index contributed by atoms with van der Waals surface area (Å²) >= 11 is 0. The Morgan fingerprint density at radius 2 is 2.12 bits per heavy atom. The zero-order chi connectivity index (χ0) is 18.7. The molecule has 0 radical (unpaired) electrons. The Kier molecular flexibility index (Phi) is 5.81. The van der Waals surface area contributed by atoms with E-state index in [-0.39, 0.29) is 0 Å². The molecule has 2 aliphatic rings. The second-order valence-electron chi connectivity index (χ2n) is 8.94. The Labute approximate surface area is 158 Å². The summed E-state index contributed by atoms with van der Waals surface area (Å²) in [5.41, 5.74) is 11.4. The minimum Gasteiger partial charge on any atom is -0.397 e. The summed E-state index contributed by atoms with van der Waals surface area (Å²) in [7, 11) is 0. The van der Waals surface area contributed by atoms with Crippen molar-refractivity contribution in [2.24, 2.45) is 11.1 Å². The van der Waals surface area contributed by atoms with E-state index < -0.39 is 0 Å². The van der Waals surface area contributed by atoms with Gasteiger partial charge in [0.15, 0.2) is 0 Å². The molecule has 3 rings (SSSR count). The van der Waals surface area contributed by atoms with E-state index >= 15 is 0 Å². The molecule has 1 aromatic rings. The van der Waals surface area contributed by atoms with Crippen molar-refractivity contribution in [3.05, 3.63) is 35.5 Å². The van der Waals surface area contributed by atoms with E-state index in [0.717, 1.165) is 43.9 Å². The second-order valence-corrected chi connectivity index (χ2v) is 8.94. The van der Waals surface area contributed by atoms with Gasteiger partial charge in [-0.1, -0.05) is 33.8 Å². The number of hydrogen-bond donors (Lipinski definition) is 2. The molecule has 2 heterocycles. The highest BCUT2D eigenvalue weighted by Gasteiger charge is 2.34. The molecule has 26 heavy (non-hydrogen) atoms. The van der Waals surface area contributed by atoms with Crippen molar-refractivity contribution in [3.63, 3.8) is 0 Å². The average molecular weight is 358 g/mol. The number of benzene rings is 1. The molecule has 4 nitrogen and oxygen atoms in total. The van der Waals surface area contributed by atoms with E-state index in [1.54, 1.807) is 0 Å². The van der Waals surface area contributed by atoms with E-state index in [2.05, 4.69) is 56.1 Å². The first-order valence-corrected chi connectivity index (χ1v) is 10.1. The van der Waals surface area contributed by atoms with Gasteiger partial charge in [0.25, 0.3) is 0 Å². The highest BCUT2D eigenvalue weighted by Crippen LogP contribution is 2.36. The van der Waals surface area contributed by atoms with Crippen LogP contribution in [0.25, 0.3) is 5.70 Å². The summed E-state index contributed by atoms with van der Waals surface area (Å²) in [5, 5.41) is 3.37. The van der Waals surface area contributed by atoms with Crippen LogP contribution in [-0.2, 0) is 4.74 Å². The first-order valence-electron chi connectivity index (χ1n) is 10.1. The Bertz CT molecular complexity index is 637. The Balaban J connectivity index is 1.68. The standard InChI is InChI=1S/C22H35N3O/c1-16(2)20-11-17(25-14-22(3,4)15-25)8-9-19(20)21(23)13-24-12-18-7-5-6-10-26-18/h8-9,11,13,16,18,24H,5-7,10,12,14-15,23H2,1-4H3/b21-13-. The summed E-state index contributed by atoms with van der Waals surface area (Å²) in [5.74, 6) is 0.438. The first kappa shape index (κ1) is 19.1. The summed E-state index contributed by atoms with van der Waals surface area (Å²) in [6, 6.07) is 6.71. The molecule has 0 saturated carbocycles. The topological polar surface area (TPSA) is 50.5 Å². The van der Waals surface area contributed by atoms with Gasteiger partial charge >= 0.3 is 0 Å². The fraction of sp³-hybridized carbons (Fsp3) is 0.636. The predicted molar refractivity (Wildman–Crippen MR) is 110 cm³/mol. The van der Waals surface area contributed by atoms with Gasteiger partial charge in [-0.3, -0.25) is 0 Å². The van der Waals surface area contributed by atoms with E-state index in [4.69, 9.17) is 10.5 Å². The molecule has 2 saturated heterocycles. The largest absolute Gasteiger partial charge is 0.397 e. The van der Waals surface area contributed by atoms with Gasteiger partial charge in [-0.2, -0.15) is 0 Å². The van der Waals surface area contributed by atoms with Crippen molar-refractivity contribution in [1.82, 2.24) is 5.32 Å². The van der Waals surface area contributed by atoms with Crippen LogP contribution in [0.15, 0.2) is 24.4 Å². The van der Waals surface area contributed by atoms with Gasteiger partial charge in [-0.25, -0.2) is 0 Å². The minimum atomic E-state index is 0.314. The molecule has 3 N–H and O–H groups in total. The van der Waals surface area contributed by atoms with Gasteiger partial charge in [0.1, 0.15) is 0 Å². The van der Waals surface area contributed by atoms with Crippen LogP contribution in [0.4, 0.5) is 5.69 Å². The fourth-order valence-electron chi connectivity index (χ4n) is 4.00. The number of hydrogen-bond acceptors (Lipinski definition) is 4. The number of nitrogens with two attached hydrogens (primary N) is 1. The molecular formula is C22H35N3O. The lowest BCUT2D eigenvalue weighted by atomic mass is 9.83. The molecule has 1 atom stereocenters. The van der Waals surface area contributed by atoms with E-state index in [1.165, 1.54) is 24.1 Å². The molecule has 2 fully saturated rings. The van der Waals surface area contributed by atoms with Crippen LogP contribution in [-0.4, -0.2) is 32.3 Å². The number of rotatable bonds is 6. The van der Waals surface area contributed by atoms with Crippen LogP contribution in [0.2, 0.25) is 0 Å². The quantitative estimate of drug-likeness (QED) is 0.806. The molecule has 1 unspecified atom stereocenters. The number of ether oxygens (including phenoxy) is 1. The summed E-state index contributed by atoms with van der Waals surface area (Å²) in [6.07, 6.45) is 5.85. The number of nitrogens with one attached hydrogen (secondary N) is 1. The average Bonchev–Trinajstić information content (AvgIpc) is 2.60. The highest BCUT2D eigenvalue weighted by atomic mass is 16.5. The molecule has 0 spiro atoms. The molecule has 0 amide bonds. The molecule has 1 aromatic carbocycles. The Morgan fingerprint density at radius 1 is 1.35 bits per heavy atom. The number of anilines is 1. The van der Waals surface area contributed by atoms with Gasteiger partial charge in [-0.15, -0.1) is 0 Å². The molecule has 4 heteroatoms. The van der Waals surface area contributed by atoms with Crippen molar-refractivity contribution >= 4 is 11.4 Å². The lowest BCUT2D eigenvalue weighted by Gasteiger charge is -2.47. The van der Waals surface area contributed by atoms with Gasteiger partial charge in [-0.05, 0) is 48.3 Å². The Hall–Kier alpha value is -1.68. The van der Waals surface area contributed by atoms with E-state index in [1.807, 2.05) is 6.20 Å². The zero-order valence-electron chi connectivity index (χ0n) is 16.8. The van der Waals surface area contributed by atoms with E-state index in [0.29, 0.717) is 17.4 Å². The lowest BCUT2D eigenvalue weighted by Crippen LogP contribution is -2.53. The summed E-state index contributed by atoms with van der Waals surface area (Å²) in [6.45, 7) is 13.1. The van der Waals surface area contributed by atoms with Crippen molar-refractivity contribution in [1.29, 1.82) is 0 Å². The zero-order valence-corrected chi connectivity index (χ0v) is 16.8. The maximum atomic E-state index is 6.41. The third-order valence-corrected chi connectivity index (χ3v) is 5.45. The van der Waals surface area contributed by atoms with Crippen LogP contribution >= 0.6 is 0 Å². The maximum absolute atomic E-state index is 6.41. The smallest absolute Gasteiger partial charge is 0.0747 e. The molecular weight excluding hydrogens is 322 g/mol. The summed E-state index contributed by atoms with van der Waals surface area (Å²) < 4.78 is 5.77. The van der Waals surface area contributed by atoms with Crippen molar-refractivity contribution in [2.45, 2.75) is 59.0 Å². The van der Waals surface area contributed by atoms with Crippen molar-refractivity contribution in [2.75, 3.05) is 31.1 Å². The van der Waals surface area contributed by atoms with Gasteiger partial charge in [0, 0.05) is 43.7 Å². The molecule has 2 aliphatic heterocycles. The van der Waals surface area contributed by atoms with Crippen molar-refractivity contribution < 1.29 is 4.74 Å². The first-order chi connectivity index (χ1) is 12.4. The van der Waals surface area contributed by atoms with Crippen LogP contribution in [0, 0.1) is 5.41 Å². The van der Waals surface area contributed by atoms with Crippen LogP contribution in [0.5, 0.6) is 0 Å². The maximum Gasteiger partial charge on any atom is 0.0747 e. The predicted octanol–water partition coefficient (Wildman–Crippen LogP) is 4.07. The van der Waals surface area contributed by atoms with Gasteiger partial charge < -0.3 is 20.7 Å². The van der Waals surface area contributed by atoms with Crippen molar-refractivity contribution in [3.8, 4) is 0 Å². The number of nitrogens with zero attached hydrogens (tertiary/aromatic N) is 1. The SMILES string of the molecule is CC(C)c1cc(N2CC(C)(C)C2)ccc1/C(N)=C/NCC1CCCCO1. The van der Waals surface area contributed by atoms with Crippen LogP contribution in [0.1, 0.15) is 64.0 Å².